The van der Waals surface area contributed by atoms with Crippen LogP contribution in [-0.2, 0) is 14.3 Å². The summed E-state index contributed by atoms with van der Waals surface area (Å²) >= 11 is 0. The normalized spacial score (nSPS) is 14.0. The minimum atomic E-state index is -0.803. The lowest BCUT2D eigenvalue weighted by Gasteiger charge is -2.24. The number of nitrogens with one attached hydrogen (secondary N) is 1. The molecule has 0 aliphatic rings. The van der Waals surface area contributed by atoms with E-state index in [0.29, 0.717) is 19.3 Å². The largest absolute Gasteiger partial charge is 0.462 e. The lowest BCUT2D eigenvalue weighted by Crippen LogP contribution is -2.46. The Hall–Kier alpha value is -2.96. The molecule has 6 nitrogen and oxygen atoms in total. The lowest BCUT2D eigenvalue weighted by molar-refractivity contribution is -0.151. The number of hydrogen-bond donors (Lipinski definition) is 3. The molecule has 0 aromatic heterocycles. The summed E-state index contributed by atoms with van der Waals surface area (Å²) < 4.78 is 5.88. The smallest absolute Gasteiger partial charge is 0.306 e. The molecule has 0 saturated heterocycles. The topological polar surface area (TPSA) is 95.9 Å². The van der Waals surface area contributed by atoms with Crippen molar-refractivity contribution in [2.45, 2.75) is 251 Å². The average molecular weight is 864 g/mol. The van der Waals surface area contributed by atoms with E-state index in [1.54, 1.807) is 0 Å². The highest BCUT2D eigenvalue weighted by Crippen LogP contribution is 2.17. The summed E-state index contributed by atoms with van der Waals surface area (Å²) in [5, 5.41) is 23.8. The van der Waals surface area contributed by atoms with Gasteiger partial charge >= 0.3 is 5.97 Å². The number of unbranched alkanes of at least 4 members (excludes halogenated alkanes) is 24. The van der Waals surface area contributed by atoms with Crippen LogP contribution >= 0.6 is 0 Å². The zero-order valence-electron chi connectivity index (χ0n) is 40.5. The maximum atomic E-state index is 13.2. The SMILES string of the molecule is CC\C=C/C=C/C=C/C=C\C=C\C=C\CCCCCC(=O)OC(CCCCC/C=C\CCCC)CC(=O)NC(CO)C(O)CCCCCCCCCCCCCCCCCCC. The van der Waals surface area contributed by atoms with E-state index in [-0.39, 0.29) is 24.9 Å². The summed E-state index contributed by atoms with van der Waals surface area (Å²) in [6.45, 7) is 6.28. The zero-order valence-corrected chi connectivity index (χ0v) is 40.5. The maximum absolute atomic E-state index is 13.2. The number of hydrogen-bond acceptors (Lipinski definition) is 5. The molecule has 3 atom stereocenters. The Morgan fingerprint density at radius 2 is 0.903 bits per heavy atom. The highest BCUT2D eigenvalue weighted by atomic mass is 16.5. The Kier molecular flexibility index (Phi) is 46.7. The molecular weight excluding hydrogens is 767 g/mol. The van der Waals surface area contributed by atoms with Gasteiger partial charge in [0.15, 0.2) is 0 Å². The fraction of sp³-hybridized carbons (Fsp3) is 0.714. The molecule has 0 spiro atoms. The van der Waals surface area contributed by atoms with Gasteiger partial charge in [-0.15, -0.1) is 0 Å². The molecule has 0 aliphatic carbocycles. The van der Waals surface area contributed by atoms with E-state index in [2.05, 4.69) is 56.5 Å². The van der Waals surface area contributed by atoms with Crippen molar-refractivity contribution in [1.82, 2.24) is 5.32 Å². The molecule has 0 aromatic carbocycles. The van der Waals surface area contributed by atoms with Crippen LogP contribution in [0, 0.1) is 0 Å². The van der Waals surface area contributed by atoms with Gasteiger partial charge in [0, 0.05) is 6.42 Å². The molecule has 0 heterocycles. The first-order valence-corrected chi connectivity index (χ1v) is 25.9. The van der Waals surface area contributed by atoms with Crippen molar-refractivity contribution < 1.29 is 24.5 Å². The Morgan fingerprint density at radius 3 is 1.42 bits per heavy atom. The third-order valence-corrected chi connectivity index (χ3v) is 11.4. The van der Waals surface area contributed by atoms with E-state index in [4.69, 9.17) is 4.74 Å². The van der Waals surface area contributed by atoms with E-state index in [9.17, 15) is 19.8 Å². The van der Waals surface area contributed by atoms with Crippen LogP contribution in [0.1, 0.15) is 233 Å². The predicted molar refractivity (Wildman–Crippen MR) is 268 cm³/mol. The van der Waals surface area contributed by atoms with Crippen LogP contribution in [0.5, 0.6) is 0 Å². The van der Waals surface area contributed by atoms with Gasteiger partial charge in [0.2, 0.25) is 5.91 Å². The summed E-state index contributed by atoms with van der Waals surface area (Å²) in [5.41, 5.74) is 0. The summed E-state index contributed by atoms with van der Waals surface area (Å²) in [4.78, 5) is 26.1. The molecular formula is C56H97NO5. The number of carbonyl (C=O) groups excluding carboxylic acids is 2. The van der Waals surface area contributed by atoms with Crippen LogP contribution in [0.2, 0.25) is 0 Å². The molecule has 0 radical (unpaired) electrons. The van der Waals surface area contributed by atoms with E-state index >= 15 is 0 Å². The molecule has 0 bridgehead atoms. The molecule has 1 amide bonds. The molecule has 3 N–H and O–H groups in total. The third-order valence-electron chi connectivity index (χ3n) is 11.4. The molecule has 0 aromatic rings. The van der Waals surface area contributed by atoms with Crippen LogP contribution in [-0.4, -0.2) is 46.9 Å². The quantitative estimate of drug-likeness (QED) is 0.0245. The van der Waals surface area contributed by atoms with Crippen molar-refractivity contribution in [3.63, 3.8) is 0 Å². The fourth-order valence-corrected chi connectivity index (χ4v) is 7.44. The van der Waals surface area contributed by atoms with Crippen LogP contribution in [0.25, 0.3) is 0 Å². The van der Waals surface area contributed by atoms with Crippen molar-refractivity contribution >= 4 is 11.9 Å². The van der Waals surface area contributed by atoms with E-state index in [0.717, 1.165) is 83.5 Å². The van der Waals surface area contributed by atoms with Gasteiger partial charge in [-0.2, -0.15) is 0 Å². The summed E-state index contributed by atoms with van der Waals surface area (Å²) in [7, 11) is 0. The summed E-state index contributed by atoms with van der Waals surface area (Å²) in [6, 6.07) is -0.719. The summed E-state index contributed by atoms with van der Waals surface area (Å²) in [5.74, 6) is -0.547. The second kappa shape index (κ2) is 49.1. The Balaban J connectivity index is 4.53. The number of ether oxygens (including phenoxy) is 1. The summed E-state index contributed by atoms with van der Waals surface area (Å²) in [6.07, 6.45) is 63.6. The molecule has 0 rings (SSSR count). The van der Waals surface area contributed by atoms with Gasteiger partial charge in [-0.1, -0.05) is 241 Å². The second-order valence-electron chi connectivity index (χ2n) is 17.3. The molecule has 62 heavy (non-hydrogen) atoms. The number of esters is 1. The minimum Gasteiger partial charge on any atom is -0.462 e. The molecule has 0 aliphatic heterocycles. The van der Waals surface area contributed by atoms with Gasteiger partial charge in [0.25, 0.3) is 0 Å². The highest BCUT2D eigenvalue weighted by Gasteiger charge is 2.24. The van der Waals surface area contributed by atoms with Crippen LogP contribution in [0.4, 0.5) is 0 Å². The van der Waals surface area contributed by atoms with Crippen molar-refractivity contribution in [1.29, 1.82) is 0 Å². The number of aliphatic hydroxyl groups is 2. The first-order chi connectivity index (χ1) is 30.5. The Labute approximate surface area is 383 Å². The van der Waals surface area contributed by atoms with Crippen LogP contribution in [0.3, 0.4) is 0 Å². The third kappa shape index (κ3) is 43.7. The standard InChI is InChI=1S/C56H97NO5/c1-4-7-10-13-16-19-21-23-25-27-29-31-33-36-39-42-45-48-54(59)53(51-58)57-55(60)50-52(47-44-41-38-35-18-15-12-9-6-3)62-56(61)49-46-43-40-37-34-32-30-28-26-24-22-20-17-14-11-8-5-2/h8,11,14-15,17-18,20,22,24,26,28,30,32,34,52-54,58-59H,4-7,9-10,12-13,16,19,21,23,25,27,29,31,33,35-51H2,1-3H3,(H,57,60)/b11-8-,17-14+,18-15-,22-20+,26-24-,30-28+,34-32+. The van der Waals surface area contributed by atoms with Gasteiger partial charge in [-0.05, 0) is 64.2 Å². The zero-order chi connectivity index (χ0) is 45.2. The predicted octanol–water partition coefficient (Wildman–Crippen LogP) is 15.6. The van der Waals surface area contributed by atoms with Gasteiger partial charge < -0.3 is 20.3 Å². The van der Waals surface area contributed by atoms with Crippen LogP contribution < -0.4 is 5.32 Å². The van der Waals surface area contributed by atoms with E-state index in [1.165, 1.54) is 103 Å². The Bertz CT molecular complexity index is 1200. The van der Waals surface area contributed by atoms with Gasteiger partial charge in [0.05, 0.1) is 25.2 Å². The highest BCUT2D eigenvalue weighted by molar-refractivity contribution is 5.77. The van der Waals surface area contributed by atoms with Crippen molar-refractivity contribution in [2.75, 3.05) is 6.61 Å². The second-order valence-corrected chi connectivity index (χ2v) is 17.3. The average Bonchev–Trinajstić information content (AvgIpc) is 3.26. The number of carbonyl (C=O) groups is 2. The van der Waals surface area contributed by atoms with Gasteiger partial charge in [0.1, 0.15) is 6.10 Å². The minimum absolute atomic E-state index is 0.0441. The van der Waals surface area contributed by atoms with Crippen molar-refractivity contribution in [3.05, 3.63) is 85.1 Å². The first kappa shape index (κ1) is 59.0. The molecule has 6 heteroatoms. The van der Waals surface area contributed by atoms with Crippen molar-refractivity contribution in [2.24, 2.45) is 0 Å². The van der Waals surface area contributed by atoms with Crippen molar-refractivity contribution in [3.8, 4) is 0 Å². The monoisotopic (exact) mass is 864 g/mol. The number of aliphatic hydroxyl groups excluding tert-OH is 2. The van der Waals surface area contributed by atoms with Gasteiger partial charge in [-0.25, -0.2) is 0 Å². The number of rotatable bonds is 45. The number of amides is 1. The fourth-order valence-electron chi connectivity index (χ4n) is 7.44. The van der Waals surface area contributed by atoms with E-state index < -0.39 is 18.2 Å². The Morgan fingerprint density at radius 1 is 0.484 bits per heavy atom. The molecule has 3 unspecified atom stereocenters. The maximum Gasteiger partial charge on any atom is 0.306 e. The number of allylic oxidation sites excluding steroid dienone is 14. The molecule has 0 saturated carbocycles. The lowest BCUT2D eigenvalue weighted by atomic mass is 10.0. The first-order valence-electron chi connectivity index (χ1n) is 25.9. The van der Waals surface area contributed by atoms with Crippen LogP contribution in [0.15, 0.2) is 85.1 Å². The molecule has 0 fully saturated rings. The van der Waals surface area contributed by atoms with Gasteiger partial charge in [-0.3, -0.25) is 9.59 Å². The van der Waals surface area contributed by atoms with E-state index in [1.807, 2.05) is 54.7 Å². The molecule has 356 valence electrons.